The molecular weight excluding hydrogens is 402 g/mol. The summed E-state index contributed by atoms with van der Waals surface area (Å²) in [7, 11) is 1.26. The van der Waals surface area contributed by atoms with E-state index in [9.17, 15) is 9.18 Å². The highest BCUT2D eigenvalue weighted by atomic mass is 35.5. The summed E-state index contributed by atoms with van der Waals surface area (Å²) in [6, 6.07) is 11.7. The SMILES string of the molecule is COC(=O)c1nc(CC(C)C)n(-c2cccc(Cl)c2)c1-c1cccc(Cl)c1F. The van der Waals surface area contributed by atoms with Crippen LogP contribution in [-0.2, 0) is 11.2 Å². The van der Waals surface area contributed by atoms with E-state index in [0.29, 0.717) is 23.0 Å². The number of imidazole rings is 1. The first-order valence-electron chi connectivity index (χ1n) is 8.73. The van der Waals surface area contributed by atoms with Crippen LogP contribution in [0.3, 0.4) is 0 Å². The molecule has 3 rings (SSSR count). The van der Waals surface area contributed by atoms with Crippen molar-refractivity contribution in [3.05, 3.63) is 69.8 Å². The van der Waals surface area contributed by atoms with E-state index >= 15 is 0 Å². The van der Waals surface area contributed by atoms with Crippen molar-refractivity contribution in [1.29, 1.82) is 0 Å². The Balaban J connectivity index is 2.41. The molecule has 0 unspecified atom stereocenters. The molecule has 1 heterocycles. The van der Waals surface area contributed by atoms with Crippen LogP contribution in [0.15, 0.2) is 42.5 Å². The Hall–Kier alpha value is -2.37. The van der Waals surface area contributed by atoms with E-state index in [1.54, 1.807) is 34.9 Å². The number of hydrogen-bond donors (Lipinski definition) is 0. The number of hydrogen-bond acceptors (Lipinski definition) is 3. The predicted octanol–water partition coefficient (Wildman–Crippen LogP) is 5.97. The number of nitrogens with zero attached hydrogens (tertiary/aromatic N) is 2. The molecule has 0 aliphatic carbocycles. The molecule has 0 amide bonds. The van der Waals surface area contributed by atoms with E-state index < -0.39 is 11.8 Å². The van der Waals surface area contributed by atoms with Gasteiger partial charge < -0.3 is 4.74 Å². The number of aromatic nitrogens is 2. The number of carbonyl (C=O) groups is 1. The van der Waals surface area contributed by atoms with Crippen LogP contribution in [0.1, 0.15) is 30.2 Å². The third-order valence-electron chi connectivity index (χ3n) is 4.19. The van der Waals surface area contributed by atoms with Gasteiger partial charge in [-0.1, -0.05) is 49.2 Å². The maximum atomic E-state index is 14.9. The van der Waals surface area contributed by atoms with Gasteiger partial charge in [-0.2, -0.15) is 0 Å². The van der Waals surface area contributed by atoms with Gasteiger partial charge in [-0.25, -0.2) is 14.2 Å². The third kappa shape index (κ3) is 3.91. The van der Waals surface area contributed by atoms with Gasteiger partial charge in [-0.05, 0) is 36.2 Å². The highest BCUT2D eigenvalue weighted by molar-refractivity contribution is 6.31. The molecule has 0 bridgehead atoms. The first-order chi connectivity index (χ1) is 13.3. The Morgan fingerprint density at radius 1 is 1.21 bits per heavy atom. The highest BCUT2D eigenvalue weighted by Crippen LogP contribution is 2.34. The van der Waals surface area contributed by atoms with Gasteiger partial charge in [0.2, 0.25) is 0 Å². The standard InChI is InChI=1S/C21H19Cl2FN2O2/c1-12(2)10-17-25-19(21(27)28-3)20(15-8-5-9-16(23)18(15)24)26(17)14-7-4-6-13(22)11-14/h4-9,11-12H,10H2,1-3H3. The highest BCUT2D eigenvalue weighted by Gasteiger charge is 2.28. The number of benzene rings is 2. The number of halogens is 3. The molecule has 0 atom stereocenters. The summed E-state index contributed by atoms with van der Waals surface area (Å²) in [5.74, 6) is -0.427. The molecule has 4 nitrogen and oxygen atoms in total. The summed E-state index contributed by atoms with van der Waals surface area (Å²) >= 11 is 12.2. The smallest absolute Gasteiger partial charge is 0.358 e. The molecule has 1 aromatic heterocycles. The number of rotatable bonds is 5. The Morgan fingerprint density at radius 3 is 2.57 bits per heavy atom. The monoisotopic (exact) mass is 420 g/mol. The summed E-state index contributed by atoms with van der Waals surface area (Å²) in [6.45, 7) is 4.07. The quantitative estimate of drug-likeness (QED) is 0.477. The number of esters is 1. The Bertz CT molecular complexity index is 1030. The topological polar surface area (TPSA) is 44.1 Å². The van der Waals surface area contributed by atoms with E-state index in [1.807, 2.05) is 19.9 Å². The lowest BCUT2D eigenvalue weighted by atomic mass is 10.1. The number of ether oxygens (including phenoxy) is 1. The van der Waals surface area contributed by atoms with Crippen molar-refractivity contribution >= 4 is 29.2 Å². The Kier molecular flexibility index (Phi) is 6.06. The van der Waals surface area contributed by atoms with Crippen LogP contribution in [0.2, 0.25) is 10.0 Å². The average Bonchev–Trinajstić information content (AvgIpc) is 3.01. The molecule has 0 aliphatic heterocycles. The molecule has 28 heavy (non-hydrogen) atoms. The fraction of sp³-hybridized carbons (Fsp3) is 0.238. The lowest BCUT2D eigenvalue weighted by Crippen LogP contribution is -2.08. The van der Waals surface area contributed by atoms with Gasteiger partial charge >= 0.3 is 5.97 Å². The third-order valence-corrected chi connectivity index (χ3v) is 4.72. The van der Waals surface area contributed by atoms with Gasteiger partial charge in [0.05, 0.1) is 17.8 Å². The van der Waals surface area contributed by atoms with Crippen LogP contribution in [0, 0.1) is 11.7 Å². The van der Waals surface area contributed by atoms with Crippen molar-refractivity contribution in [2.45, 2.75) is 20.3 Å². The molecule has 0 radical (unpaired) electrons. The molecule has 2 aromatic carbocycles. The molecular formula is C21H19Cl2FN2O2. The summed E-state index contributed by atoms with van der Waals surface area (Å²) < 4.78 is 21.6. The van der Waals surface area contributed by atoms with E-state index in [-0.39, 0.29) is 27.9 Å². The van der Waals surface area contributed by atoms with E-state index in [4.69, 9.17) is 27.9 Å². The fourth-order valence-corrected chi connectivity index (χ4v) is 3.40. The molecule has 7 heteroatoms. The minimum atomic E-state index is -0.653. The van der Waals surface area contributed by atoms with Crippen molar-refractivity contribution in [1.82, 2.24) is 9.55 Å². The van der Waals surface area contributed by atoms with Crippen LogP contribution in [0.4, 0.5) is 4.39 Å². The van der Waals surface area contributed by atoms with Gasteiger partial charge in [0.1, 0.15) is 5.82 Å². The molecule has 0 spiro atoms. The molecule has 0 N–H and O–H groups in total. The maximum Gasteiger partial charge on any atom is 0.358 e. The van der Waals surface area contributed by atoms with Gasteiger partial charge in [0.15, 0.2) is 11.5 Å². The molecule has 0 saturated carbocycles. The lowest BCUT2D eigenvalue weighted by Gasteiger charge is -2.15. The predicted molar refractivity (Wildman–Crippen MR) is 109 cm³/mol. The average molecular weight is 421 g/mol. The molecule has 3 aromatic rings. The number of methoxy groups -OCH3 is 1. The summed E-state index contributed by atoms with van der Waals surface area (Å²) in [5.41, 5.74) is 1.14. The Morgan fingerprint density at radius 2 is 1.93 bits per heavy atom. The Labute approximate surface area is 172 Å². The van der Waals surface area contributed by atoms with Crippen LogP contribution in [0.5, 0.6) is 0 Å². The first kappa shape index (κ1) is 20.4. The van der Waals surface area contributed by atoms with Crippen LogP contribution in [0.25, 0.3) is 16.9 Å². The van der Waals surface area contributed by atoms with Gasteiger partial charge in [0.25, 0.3) is 0 Å². The second-order valence-electron chi connectivity index (χ2n) is 6.73. The van der Waals surface area contributed by atoms with E-state index in [2.05, 4.69) is 4.98 Å². The molecule has 0 saturated heterocycles. The van der Waals surface area contributed by atoms with Crippen LogP contribution in [-0.4, -0.2) is 22.6 Å². The van der Waals surface area contributed by atoms with E-state index in [0.717, 1.165) is 0 Å². The molecule has 146 valence electrons. The van der Waals surface area contributed by atoms with Crippen molar-refractivity contribution in [3.63, 3.8) is 0 Å². The largest absolute Gasteiger partial charge is 0.464 e. The zero-order chi connectivity index (χ0) is 20.4. The lowest BCUT2D eigenvalue weighted by molar-refractivity contribution is 0.0595. The maximum absolute atomic E-state index is 14.9. The fourth-order valence-electron chi connectivity index (χ4n) is 3.04. The summed E-state index contributed by atoms with van der Waals surface area (Å²) in [4.78, 5) is 17.0. The van der Waals surface area contributed by atoms with Crippen molar-refractivity contribution < 1.29 is 13.9 Å². The molecule has 0 fully saturated rings. The van der Waals surface area contributed by atoms with Crippen molar-refractivity contribution in [2.24, 2.45) is 5.92 Å². The minimum Gasteiger partial charge on any atom is -0.464 e. The van der Waals surface area contributed by atoms with Crippen LogP contribution < -0.4 is 0 Å². The van der Waals surface area contributed by atoms with Crippen LogP contribution >= 0.6 is 23.2 Å². The first-order valence-corrected chi connectivity index (χ1v) is 9.49. The summed E-state index contributed by atoms with van der Waals surface area (Å²) in [5, 5.41) is 0.469. The zero-order valence-electron chi connectivity index (χ0n) is 15.7. The van der Waals surface area contributed by atoms with Gasteiger partial charge in [0, 0.05) is 22.7 Å². The van der Waals surface area contributed by atoms with E-state index in [1.165, 1.54) is 13.2 Å². The second kappa shape index (κ2) is 8.33. The zero-order valence-corrected chi connectivity index (χ0v) is 17.2. The van der Waals surface area contributed by atoms with Crippen molar-refractivity contribution in [2.75, 3.05) is 7.11 Å². The second-order valence-corrected chi connectivity index (χ2v) is 7.58. The van der Waals surface area contributed by atoms with Crippen molar-refractivity contribution in [3.8, 4) is 16.9 Å². The normalized spacial score (nSPS) is 11.1. The molecule has 0 aliphatic rings. The van der Waals surface area contributed by atoms with Gasteiger partial charge in [-0.3, -0.25) is 4.57 Å². The van der Waals surface area contributed by atoms with Gasteiger partial charge in [-0.15, -0.1) is 0 Å². The minimum absolute atomic E-state index is 0.0271. The summed E-state index contributed by atoms with van der Waals surface area (Å²) in [6.07, 6.45) is 0.568. The number of carbonyl (C=O) groups excluding carboxylic acids is 1.